The van der Waals surface area contributed by atoms with Gasteiger partial charge in [-0.2, -0.15) is 13.2 Å². The second-order valence-electron chi connectivity index (χ2n) is 3.88. The van der Waals surface area contributed by atoms with Gasteiger partial charge in [-0.3, -0.25) is 0 Å². The number of halogens is 3. The molecule has 0 aromatic heterocycles. The molecule has 0 heterocycles. The Bertz CT molecular complexity index is 498. The van der Waals surface area contributed by atoms with Gasteiger partial charge in [0, 0.05) is 23.4 Å². The molecular formula is C11H14F3NO2S2. The van der Waals surface area contributed by atoms with E-state index in [4.69, 9.17) is 0 Å². The second kappa shape index (κ2) is 6.62. The summed E-state index contributed by atoms with van der Waals surface area (Å²) in [6.45, 7) is -0.765. The molecule has 0 saturated carbocycles. The lowest BCUT2D eigenvalue weighted by Crippen LogP contribution is -2.30. The van der Waals surface area contributed by atoms with Crippen molar-refractivity contribution in [3.05, 3.63) is 24.3 Å². The van der Waals surface area contributed by atoms with E-state index < -0.39 is 22.6 Å². The molecule has 0 atom stereocenters. The summed E-state index contributed by atoms with van der Waals surface area (Å²) >= 11 is 1.37. The maximum Gasteiger partial charge on any atom is 0.401 e. The molecule has 1 rings (SSSR count). The molecule has 8 heteroatoms. The fraction of sp³-hybridized carbons (Fsp3) is 0.455. The van der Waals surface area contributed by atoms with E-state index in [0.29, 0.717) is 5.75 Å². The second-order valence-corrected chi connectivity index (χ2v) is 7.07. The Morgan fingerprint density at radius 2 is 1.79 bits per heavy atom. The van der Waals surface area contributed by atoms with Crippen molar-refractivity contribution in [1.29, 1.82) is 0 Å². The van der Waals surface area contributed by atoms with Gasteiger partial charge in [-0.05, 0) is 24.3 Å². The molecule has 1 N–H and O–H groups in total. The molecule has 0 bridgehead atoms. The number of nitrogens with one attached hydrogen (secondary N) is 1. The Morgan fingerprint density at radius 3 is 2.26 bits per heavy atom. The van der Waals surface area contributed by atoms with Gasteiger partial charge in [0.25, 0.3) is 0 Å². The molecule has 1 aromatic carbocycles. The van der Waals surface area contributed by atoms with Gasteiger partial charge in [0.2, 0.25) is 0 Å². The lowest BCUT2D eigenvalue weighted by Gasteiger charge is -2.08. The van der Waals surface area contributed by atoms with Crippen molar-refractivity contribution in [3.8, 4) is 0 Å². The van der Waals surface area contributed by atoms with Gasteiger partial charge in [-0.1, -0.05) is 0 Å². The third-order valence-corrected chi connectivity index (χ3v) is 4.27. The largest absolute Gasteiger partial charge is 0.401 e. The van der Waals surface area contributed by atoms with E-state index >= 15 is 0 Å². The van der Waals surface area contributed by atoms with E-state index in [-0.39, 0.29) is 11.4 Å². The van der Waals surface area contributed by atoms with Crippen molar-refractivity contribution in [2.24, 2.45) is 0 Å². The minimum atomic E-state index is -4.19. The van der Waals surface area contributed by atoms with Crippen LogP contribution in [0.4, 0.5) is 13.2 Å². The van der Waals surface area contributed by atoms with Gasteiger partial charge in [-0.15, -0.1) is 11.8 Å². The first-order chi connectivity index (χ1) is 8.68. The average Bonchev–Trinajstić information content (AvgIpc) is 2.26. The highest BCUT2D eigenvalue weighted by Gasteiger charge is 2.25. The average molecular weight is 313 g/mol. The van der Waals surface area contributed by atoms with E-state index in [0.717, 1.165) is 11.2 Å². The summed E-state index contributed by atoms with van der Waals surface area (Å²) in [6.07, 6.45) is -3.07. The van der Waals surface area contributed by atoms with Crippen LogP contribution in [0.3, 0.4) is 0 Å². The van der Waals surface area contributed by atoms with Crippen molar-refractivity contribution in [1.82, 2.24) is 5.32 Å². The molecule has 0 spiro atoms. The van der Waals surface area contributed by atoms with Crippen LogP contribution >= 0.6 is 11.8 Å². The van der Waals surface area contributed by atoms with Crippen LogP contribution in [0.25, 0.3) is 0 Å². The fourth-order valence-corrected chi connectivity index (χ4v) is 2.70. The Morgan fingerprint density at radius 1 is 1.21 bits per heavy atom. The zero-order valence-electron chi connectivity index (χ0n) is 10.2. The van der Waals surface area contributed by atoms with Gasteiger partial charge in [0.15, 0.2) is 9.84 Å². The zero-order chi connectivity index (χ0) is 14.5. The van der Waals surface area contributed by atoms with Crippen molar-refractivity contribution in [2.75, 3.05) is 25.1 Å². The van der Waals surface area contributed by atoms with E-state index in [9.17, 15) is 21.6 Å². The van der Waals surface area contributed by atoms with Gasteiger partial charge >= 0.3 is 6.18 Å². The number of rotatable bonds is 6. The highest BCUT2D eigenvalue weighted by molar-refractivity contribution is 7.99. The Hall–Kier alpha value is -0.730. The minimum absolute atomic E-state index is 0.229. The quantitative estimate of drug-likeness (QED) is 0.647. The molecular weight excluding hydrogens is 299 g/mol. The predicted molar refractivity (Wildman–Crippen MR) is 69.2 cm³/mol. The van der Waals surface area contributed by atoms with Gasteiger partial charge in [0.1, 0.15) is 0 Å². The summed E-state index contributed by atoms with van der Waals surface area (Å²) in [5.41, 5.74) is 0. The highest BCUT2D eigenvalue weighted by Crippen LogP contribution is 2.20. The first-order valence-electron chi connectivity index (χ1n) is 5.39. The Balaban J connectivity index is 2.35. The maximum absolute atomic E-state index is 11.8. The van der Waals surface area contributed by atoms with Crippen LogP contribution in [0, 0.1) is 0 Å². The first-order valence-corrected chi connectivity index (χ1v) is 8.26. The molecule has 3 nitrogen and oxygen atoms in total. The monoisotopic (exact) mass is 313 g/mol. The van der Waals surface area contributed by atoms with Crippen LogP contribution < -0.4 is 5.32 Å². The summed E-state index contributed by atoms with van der Waals surface area (Å²) in [7, 11) is -3.21. The van der Waals surface area contributed by atoms with Crippen molar-refractivity contribution in [2.45, 2.75) is 16.0 Å². The molecule has 0 saturated heterocycles. The van der Waals surface area contributed by atoms with E-state index in [2.05, 4.69) is 5.32 Å². The first kappa shape index (κ1) is 16.3. The van der Waals surface area contributed by atoms with Crippen LogP contribution in [0.15, 0.2) is 34.1 Å². The molecule has 1 aromatic rings. The smallest absolute Gasteiger partial charge is 0.308 e. The number of benzene rings is 1. The van der Waals surface area contributed by atoms with Crippen molar-refractivity contribution < 1.29 is 21.6 Å². The number of alkyl halides is 3. The summed E-state index contributed by atoms with van der Waals surface area (Å²) in [5, 5.41) is 2.29. The predicted octanol–water partition coefficient (Wildman–Crippen LogP) is 2.33. The third kappa shape index (κ3) is 6.84. The molecule has 108 valence electrons. The molecule has 0 aliphatic carbocycles. The lowest BCUT2D eigenvalue weighted by atomic mass is 10.4. The topological polar surface area (TPSA) is 46.2 Å². The summed E-state index contributed by atoms with van der Waals surface area (Å²) in [6, 6.07) is 6.26. The normalized spacial score (nSPS) is 12.6. The lowest BCUT2D eigenvalue weighted by molar-refractivity contribution is -0.124. The highest BCUT2D eigenvalue weighted by atomic mass is 32.2. The third-order valence-electron chi connectivity index (χ3n) is 2.12. The number of sulfone groups is 1. The van der Waals surface area contributed by atoms with Crippen LogP contribution in [-0.4, -0.2) is 39.7 Å². The Labute approximate surface area is 114 Å². The molecule has 19 heavy (non-hydrogen) atoms. The van der Waals surface area contributed by atoms with E-state index in [1.807, 2.05) is 0 Å². The van der Waals surface area contributed by atoms with Gasteiger partial charge in [0.05, 0.1) is 11.4 Å². The van der Waals surface area contributed by atoms with E-state index in [1.54, 1.807) is 12.1 Å². The number of hydrogen-bond acceptors (Lipinski definition) is 4. The van der Waals surface area contributed by atoms with E-state index in [1.165, 1.54) is 23.9 Å². The standard InChI is InChI=1S/C11H14F3NO2S2/c1-19(16,17)10-4-2-9(3-5-10)18-7-6-15-8-11(12,13)14/h2-5,15H,6-8H2,1H3. The summed E-state index contributed by atoms with van der Waals surface area (Å²) < 4.78 is 57.9. The van der Waals surface area contributed by atoms with Gasteiger partial charge in [-0.25, -0.2) is 8.42 Å². The number of thioether (sulfide) groups is 1. The van der Waals surface area contributed by atoms with Crippen LogP contribution in [0.1, 0.15) is 0 Å². The SMILES string of the molecule is CS(=O)(=O)c1ccc(SCCNCC(F)(F)F)cc1. The molecule has 0 aliphatic heterocycles. The van der Waals surface area contributed by atoms with Gasteiger partial charge < -0.3 is 5.32 Å². The molecule has 0 radical (unpaired) electrons. The fourth-order valence-electron chi connectivity index (χ4n) is 1.25. The molecule has 0 unspecified atom stereocenters. The Kier molecular flexibility index (Phi) is 5.69. The van der Waals surface area contributed by atoms with Crippen molar-refractivity contribution >= 4 is 21.6 Å². The maximum atomic E-state index is 11.8. The minimum Gasteiger partial charge on any atom is -0.308 e. The summed E-state index contributed by atoms with van der Waals surface area (Å²) in [5.74, 6) is 0.480. The van der Waals surface area contributed by atoms with Crippen LogP contribution in [0.2, 0.25) is 0 Å². The van der Waals surface area contributed by atoms with Crippen LogP contribution in [-0.2, 0) is 9.84 Å². The molecule has 0 fully saturated rings. The van der Waals surface area contributed by atoms with Crippen LogP contribution in [0.5, 0.6) is 0 Å². The molecule has 0 amide bonds. The molecule has 0 aliphatic rings. The summed E-state index contributed by atoms with van der Waals surface area (Å²) in [4.78, 5) is 1.05. The zero-order valence-corrected chi connectivity index (χ0v) is 11.8. The van der Waals surface area contributed by atoms with Crippen molar-refractivity contribution in [3.63, 3.8) is 0 Å². The number of hydrogen-bond donors (Lipinski definition) is 1.